The fraction of sp³-hybridized carbons (Fsp3) is 0.250. The van der Waals surface area contributed by atoms with Crippen LogP contribution < -0.4 is 5.73 Å². The van der Waals surface area contributed by atoms with Gasteiger partial charge in [0.25, 0.3) is 0 Å². The summed E-state index contributed by atoms with van der Waals surface area (Å²) >= 11 is 3.30. The minimum atomic E-state index is 0.596. The van der Waals surface area contributed by atoms with Crippen LogP contribution in [-0.4, -0.2) is 19.3 Å². The molecule has 0 spiro atoms. The molecule has 0 aromatic carbocycles. The van der Waals surface area contributed by atoms with Crippen molar-refractivity contribution >= 4 is 21.7 Å². The third-order valence-electron chi connectivity index (χ3n) is 1.90. The summed E-state index contributed by atoms with van der Waals surface area (Å²) < 4.78 is 4.41. The Morgan fingerprint density at radius 3 is 2.86 bits per heavy atom. The number of nitrogen functional groups attached to an aromatic ring is 1. The van der Waals surface area contributed by atoms with Gasteiger partial charge in [-0.1, -0.05) is 0 Å². The van der Waals surface area contributed by atoms with Crippen LogP contribution in [0.4, 0.5) is 5.82 Å². The molecule has 0 aliphatic heterocycles. The lowest BCUT2D eigenvalue weighted by molar-refractivity contribution is 0.684. The Hall–Kier alpha value is -1.30. The summed E-state index contributed by atoms with van der Waals surface area (Å²) in [5, 5.41) is 4.12. The molecule has 0 aliphatic rings. The van der Waals surface area contributed by atoms with Crippen LogP contribution in [-0.2, 0) is 13.6 Å². The van der Waals surface area contributed by atoms with Gasteiger partial charge in [-0.25, -0.2) is 9.67 Å². The molecule has 2 aromatic rings. The number of aromatic nitrogens is 4. The van der Waals surface area contributed by atoms with Crippen molar-refractivity contribution in [3.63, 3.8) is 0 Å². The topological polar surface area (TPSA) is 61.7 Å². The number of nitrogens with two attached hydrogens (primary N) is 1. The van der Waals surface area contributed by atoms with Crippen molar-refractivity contribution in [1.29, 1.82) is 0 Å². The molecule has 0 aliphatic carbocycles. The highest BCUT2D eigenvalue weighted by Gasteiger charge is 2.05. The van der Waals surface area contributed by atoms with E-state index in [1.54, 1.807) is 17.2 Å². The molecular weight excluding hydrogens is 246 g/mol. The highest BCUT2D eigenvalue weighted by molar-refractivity contribution is 9.10. The van der Waals surface area contributed by atoms with Crippen LogP contribution in [0.1, 0.15) is 5.69 Å². The van der Waals surface area contributed by atoms with Crippen molar-refractivity contribution in [3.8, 4) is 0 Å². The molecule has 0 saturated carbocycles. The maximum atomic E-state index is 5.78. The summed E-state index contributed by atoms with van der Waals surface area (Å²) in [5.41, 5.74) is 6.72. The van der Waals surface area contributed by atoms with E-state index in [-0.39, 0.29) is 0 Å². The van der Waals surface area contributed by atoms with Gasteiger partial charge in [-0.2, -0.15) is 5.10 Å². The molecule has 2 aromatic heterocycles. The second kappa shape index (κ2) is 3.45. The van der Waals surface area contributed by atoms with Gasteiger partial charge in [-0.3, -0.25) is 0 Å². The number of halogens is 1. The molecule has 14 heavy (non-hydrogen) atoms. The van der Waals surface area contributed by atoms with Gasteiger partial charge in [0.05, 0.1) is 29.2 Å². The maximum absolute atomic E-state index is 5.78. The summed E-state index contributed by atoms with van der Waals surface area (Å²) in [6.45, 7) is 0.596. The smallest absolute Gasteiger partial charge is 0.136 e. The van der Waals surface area contributed by atoms with E-state index in [2.05, 4.69) is 26.0 Å². The Kier molecular flexibility index (Phi) is 2.28. The van der Waals surface area contributed by atoms with Crippen LogP contribution in [0.2, 0.25) is 0 Å². The standard InChI is InChI=1S/C8H10BrN5/c1-13-3-6(11-5-13)4-14-8(10)7(9)2-12-14/h2-3,5H,4,10H2,1H3. The molecule has 0 amide bonds. The third-order valence-corrected chi connectivity index (χ3v) is 2.51. The number of aryl methyl sites for hydroxylation is 1. The Morgan fingerprint density at radius 2 is 2.36 bits per heavy atom. The van der Waals surface area contributed by atoms with Crippen LogP contribution >= 0.6 is 15.9 Å². The van der Waals surface area contributed by atoms with Crippen LogP contribution in [0.25, 0.3) is 0 Å². The molecule has 0 atom stereocenters. The van der Waals surface area contributed by atoms with Crippen molar-refractivity contribution in [2.24, 2.45) is 7.05 Å². The Bertz CT molecular complexity index is 444. The maximum Gasteiger partial charge on any atom is 0.136 e. The zero-order valence-electron chi connectivity index (χ0n) is 7.68. The van der Waals surface area contributed by atoms with Crippen molar-refractivity contribution < 1.29 is 0 Å². The number of anilines is 1. The predicted molar refractivity (Wildman–Crippen MR) is 56.6 cm³/mol. The molecule has 0 radical (unpaired) electrons. The van der Waals surface area contributed by atoms with E-state index in [0.29, 0.717) is 12.4 Å². The van der Waals surface area contributed by atoms with E-state index in [9.17, 15) is 0 Å². The lowest BCUT2D eigenvalue weighted by Crippen LogP contribution is -2.06. The fourth-order valence-electron chi connectivity index (χ4n) is 1.20. The highest BCUT2D eigenvalue weighted by atomic mass is 79.9. The second-order valence-corrected chi connectivity index (χ2v) is 3.92. The SMILES string of the molecule is Cn1cnc(Cn2ncc(Br)c2N)c1. The minimum Gasteiger partial charge on any atom is -0.383 e. The molecule has 6 heteroatoms. The first-order valence-electron chi connectivity index (χ1n) is 4.10. The van der Waals surface area contributed by atoms with Gasteiger partial charge in [0.1, 0.15) is 5.82 Å². The minimum absolute atomic E-state index is 0.596. The summed E-state index contributed by atoms with van der Waals surface area (Å²) in [6.07, 6.45) is 5.37. The van der Waals surface area contributed by atoms with Gasteiger partial charge in [0.15, 0.2) is 0 Å². The first-order chi connectivity index (χ1) is 6.66. The molecule has 5 nitrogen and oxygen atoms in total. The first-order valence-corrected chi connectivity index (χ1v) is 4.90. The van der Waals surface area contributed by atoms with Gasteiger partial charge in [-0.15, -0.1) is 0 Å². The number of hydrogen-bond acceptors (Lipinski definition) is 3. The fourth-order valence-corrected chi connectivity index (χ4v) is 1.50. The Balaban J connectivity index is 2.22. The van der Waals surface area contributed by atoms with E-state index in [0.717, 1.165) is 10.2 Å². The largest absolute Gasteiger partial charge is 0.383 e. The Labute approximate surface area is 89.7 Å². The lowest BCUT2D eigenvalue weighted by atomic mass is 10.5. The highest BCUT2D eigenvalue weighted by Crippen LogP contribution is 2.18. The summed E-state index contributed by atoms with van der Waals surface area (Å²) in [7, 11) is 1.93. The van der Waals surface area contributed by atoms with Crippen LogP contribution in [0.15, 0.2) is 23.2 Å². The van der Waals surface area contributed by atoms with Crippen molar-refractivity contribution in [2.45, 2.75) is 6.54 Å². The summed E-state index contributed by atoms with van der Waals surface area (Å²) in [6, 6.07) is 0. The predicted octanol–water partition coefficient (Wildman–Crippen LogP) is 1.01. The molecule has 0 unspecified atom stereocenters. The van der Waals surface area contributed by atoms with Crippen molar-refractivity contribution in [2.75, 3.05) is 5.73 Å². The summed E-state index contributed by atoms with van der Waals surface area (Å²) in [4.78, 5) is 4.19. The third kappa shape index (κ3) is 1.65. The zero-order chi connectivity index (χ0) is 10.1. The van der Waals surface area contributed by atoms with Crippen molar-refractivity contribution in [3.05, 3.63) is 28.9 Å². The van der Waals surface area contributed by atoms with E-state index in [1.165, 1.54) is 0 Å². The van der Waals surface area contributed by atoms with Crippen LogP contribution in [0.3, 0.4) is 0 Å². The molecule has 74 valence electrons. The molecule has 2 N–H and O–H groups in total. The molecule has 2 heterocycles. The Morgan fingerprint density at radius 1 is 1.57 bits per heavy atom. The number of imidazole rings is 1. The number of hydrogen-bond donors (Lipinski definition) is 1. The normalized spacial score (nSPS) is 10.7. The average molecular weight is 256 g/mol. The quantitative estimate of drug-likeness (QED) is 0.872. The zero-order valence-corrected chi connectivity index (χ0v) is 9.27. The molecule has 0 saturated heterocycles. The van der Waals surface area contributed by atoms with E-state index in [1.807, 2.05) is 17.8 Å². The molecule has 0 bridgehead atoms. The van der Waals surface area contributed by atoms with Gasteiger partial charge in [0, 0.05) is 13.2 Å². The van der Waals surface area contributed by atoms with E-state index < -0.39 is 0 Å². The number of nitrogens with zero attached hydrogens (tertiary/aromatic N) is 4. The molecular formula is C8H10BrN5. The summed E-state index contributed by atoms with van der Waals surface area (Å²) in [5.74, 6) is 0.621. The second-order valence-electron chi connectivity index (χ2n) is 3.07. The van der Waals surface area contributed by atoms with Crippen LogP contribution in [0, 0.1) is 0 Å². The lowest BCUT2D eigenvalue weighted by Gasteiger charge is -2.00. The van der Waals surface area contributed by atoms with Crippen LogP contribution in [0.5, 0.6) is 0 Å². The van der Waals surface area contributed by atoms with E-state index in [4.69, 9.17) is 5.73 Å². The van der Waals surface area contributed by atoms with Gasteiger partial charge < -0.3 is 10.3 Å². The van der Waals surface area contributed by atoms with Gasteiger partial charge >= 0.3 is 0 Å². The first kappa shape index (κ1) is 9.26. The van der Waals surface area contributed by atoms with Gasteiger partial charge in [-0.05, 0) is 15.9 Å². The molecule has 0 fully saturated rings. The van der Waals surface area contributed by atoms with E-state index >= 15 is 0 Å². The van der Waals surface area contributed by atoms with Gasteiger partial charge in [0.2, 0.25) is 0 Å². The van der Waals surface area contributed by atoms with Crippen molar-refractivity contribution in [1.82, 2.24) is 19.3 Å². The number of rotatable bonds is 2. The monoisotopic (exact) mass is 255 g/mol. The average Bonchev–Trinajstić information content (AvgIpc) is 2.67. The molecule has 2 rings (SSSR count).